The number of carbonyl (C=O) groups is 5. The first-order valence-electron chi connectivity index (χ1n) is 22.8. The fraction of sp³-hybridized carbons (Fsp3) is 0.438. The minimum absolute atomic E-state index is 0.0258. The van der Waals surface area contributed by atoms with Crippen molar-refractivity contribution in [1.82, 2.24) is 40.4 Å². The van der Waals surface area contributed by atoms with Crippen molar-refractivity contribution in [2.45, 2.75) is 72.7 Å². The number of nitrogens with zero attached hydrogens (tertiary/aromatic N) is 7. The van der Waals surface area contributed by atoms with Gasteiger partial charge in [-0.25, -0.2) is 19.9 Å². The number of β-amino-alcohol motifs (C(OH)–C–C–N with tert-alkyl or cyclic N) is 1. The fourth-order valence-electron chi connectivity index (χ4n) is 7.99. The van der Waals surface area contributed by atoms with E-state index in [1.807, 2.05) is 50.2 Å². The second-order valence-corrected chi connectivity index (χ2v) is 20.4. The van der Waals surface area contributed by atoms with Crippen LogP contribution in [0.3, 0.4) is 0 Å². The van der Waals surface area contributed by atoms with E-state index in [2.05, 4.69) is 46.1 Å². The number of anilines is 4. The van der Waals surface area contributed by atoms with Crippen molar-refractivity contribution in [3.63, 3.8) is 0 Å². The molecule has 2 aliphatic rings. The Morgan fingerprint density at radius 2 is 1.67 bits per heavy atom. The molecule has 0 bridgehead atoms. The molecule has 2 saturated heterocycles. The maximum absolute atomic E-state index is 14.0. The van der Waals surface area contributed by atoms with Gasteiger partial charge in [0.2, 0.25) is 23.6 Å². The molecule has 0 radical (unpaired) electrons. The van der Waals surface area contributed by atoms with Gasteiger partial charge in [0.15, 0.2) is 5.13 Å². The Bertz CT molecular complexity index is 2650. The summed E-state index contributed by atoms with van der Waals surface area (Å²) in [4.78, 5) is 90.9. The van der Waals surface area contributed by atoms with Gasteiger partial charge in [-0.2, -0.15) is 0 Å². The minimum atomic E-state index is -1.01. The van der Waals surface area contributed by atoms with Crippen LogP contribution in [0.1, 0.15) is 59.5 Å². The third-order valence-corrected chi connectivity index (χ3v) is 14.0. The number of ether oxygens (including phenoxy) is 2. The molecule has 5 N–H and O–H groups in total. The molecular weight excluding hydrogens is 958 g/mol. The number of benzene rings is 2. The third kappa shape index (κ3) is 13.4. The lowest BCUT2D eigenvalue weighted by Gasteiger charge is -2.35. The van der Waals surface area contributed by atoms with Gasteiger partial charge in [0.1, 0.15) is 47.6 Å². The number of piperazine rings is 1. The average Bonchev–Trinajstić information content (AvgIpc) is 4.09. The lowest BCUT2D eigenvalue weighted by molar-refractivity contribution is -0.144. The molecule has 3 aromatic heterocycles. The molecule has 5 amide bonds. The van der Waals surface area contributed by atoms with E-state index in [0.29, 0.717) is 64.4 Å². The molecule has 0 spiro atoms. The first-order valence-corrected chi connectivity index (χ1v) is 24.9. The number of aliphatic hydroxyl groups excluding tert-OH is 1. The summed E-state index contributed by atoms with van der Waals surface area (Å²) in [5, 5.41) is 23.2. The second-order valence-electron chi connectivity index (χ2n) is 18.1. The van der Waals surface area contributed by atoms with Crippen molar-refractivity contribution >= 4 is 86.3 Å². The predicted octanol–water partition coefficient (Wildman–Crippen LogP) is 5.12. The Kier molecular flexibility index (Phi) is 17.2. The topological polar surface area (TPSA) is 233 Å². The molecule has 2 aliphatic heterocycles. The molecule has 2 aromatic carbocycles. The Labute approximate surface area is 419 Å². The lowest BCUT2D eigenvalue weighted by atomic mass is 9.85. The van der Waals surface area contributed by atoms with E-state index in [4.69, 9.17) is 21.1 Å². The minimum Gasteiger partial charge on any atom is -0.391 e. The zero-order valence-corrected chi connectivity index (χ0v) is 42.3. The SMILES string of the molecule is Cc1nc(Nc2ncc(C(=O)Nc3c(C)cccc3Cl)s2)cc(N2CCN(C(=O)COCCOCC(=O)N[C@H](C(=O)N3C[C@H](O)C[C@H]3C(=O)NCc3ccc(-c4scnc4C)cc3)C(C)(C)C)CC2)n1. The molecule has 19 nitrogen and oxygen atoms in total. The molecule has 2 fully saturated rings. The van der Waals surface area contributed by atoms with Crippen LogP contribution in [0.15, 0.2) is 60.2 Å². The van der Waals surface area contributed by atoms with Crippen molar-refractivity contribution < 1.29 is 38.6 Å². The molecule has 0 saturated carbocycles. The Morgan fingerprint density at radius 1 is 0.943 bits per heavy atom. The van der Waals surface area contributed by atoms with E-state index in [-0.39, 0.29) is 57.8 Å². The molecule has 70 heavy (non-hydrogen) atoms. The van der Waals surface area contributed by atoms with Crippen LogP contribution in [-0.2, 0) is 35.2 Å². The molecule has 0 aliphatic carbocycles. The number of nitrogens with one attached hydrogen (secondary N) is 4. The molecular formula is C48H58ClN11O8S2. The summed E-state index contributed by atoms with van der Waals surface area (Å²) >= 11 is 9.03. The largest absolute Gasteiger partial charge is 0.391 e. The van der Waals surface area contributed by atoms with Gasteiger partial charge in [-0.3, -0.25) is 24.0 Å². The molecule has 5 heterocycles. The Balaban J connectivity index is 0.806. The molecule has 372 valence electrons. The van der Waals surface area contributed by atoms with E-state index in [0.717, 1.165) is 27.3 Å². The van der Waals surface area contributed by atoms with Gasteiger partial charge in [0, 0.05) is 51.8 Å². The summed E-state index contributed by atoms with van der Waals surface area (Å²) in [6, 6.07) is 13.1. The van der Waals surface area contributed by atoms with Crippen LogP contribution in [0.2, 0.25) is 5.02 Å². The van der Waals surface area contributed by atoms with Crippen LogP contribution < -0.4 is 26.2 Å². The number of aryl methyl sites for hydroxylation is 3. The highest BCUT2D eigenvalue weighted by Gasteiger charge is 2.44. The van der Waals surface area contributed by atoms with Crippen molar-refractivity contribution in [2.75, 3.05) is 74.7 Å². The van der Waals surface area contributed by atoms with Crippen LogP contribution in [0.25, 0.3) is 10.4 Å². The Hall–Kier alpha value is -6.10. The van der Waals surface area contributed by atoms with Gasteiger partial charge in [0.05, 0.1) is 52.3 Å². The van der Waals surface area contributed by atoms with E-state index < -0.39 is 41.3 Å². The van der Waals surface area contributed by atoms with Crippen LogP contribution in [0.4, 0.5) is 22.5 Å². The van der Waals surface area contributed by atoms with E-state index in [1.54, 1.807) is 61.6 Å². The molecule has 0 unspecified atom stereocenters. The summed E-state index contributed by atoms with van der Waals surface area (Å²) < 4.78 is 11.1. The number of thiazole rings is 2. The van der Waals surface area contributed by atoms with Crippen molar-refractivity contribution in [3.8, 4) is 10.4 Å². The summed E-state index contributed by atoms with van der Waals surface area (Å²) in [6.45, 7) is 12.7. The van der Waals surface area contributed by atoms with E-state index in [9.17, 15) is 29.1 Å². The van der Waals surface area contributed by atoms with E-state index in [1.165, 1.54) is 22.4 Å². The number of hydrogen-bond donors (Lipinski definition) is 5. The van der Waals surface area contributed by atoms with Gasteiger partial charge >= 0.3 is 0 Å². The summed E-state index contributed by atoms with van der Waals surface area (Å²) in [5.41, 5.74) is 5.32. The number of halogens is 1. The van der Waals surface area contributed by atoms with Gasteiger partial charge < -0.3 is 50.5 Å². The highest BCUT2D eigenvalue weighted by Crippen LogP contribution is 2.31. The predicted molar refractivity (Wildman–Crippen MR) is 268 cm³/mol. The van der Waals surface area contributed by atoms with Crippen molar-refractivity contribution in [2.24, 2.45) is 5.41 Å². The second kappa shape index (κ2) is 23.2. The number of hydrogen-bond acceptors (Lipinski definition) is 16. The van der Waals surface area contributed by atoms with Gasteiger partial charge in [-0.15, -0.1) is 11.3 Å². The van der Waals surface area contributed by atoms with Gasteiger partial charge in [-0.1, -0.05) is 80.1 Å². The quantitative estimate of drug-likeness (QED) is 0.0718. The van der Waals surface area contributed by atoms with Crippen LogP contribution in [0.5, 0.6) is 0 Å². The Morgan fingerprint density at radius 3 is 2.36 bits per heavy atom. The van der Waals surface area contributed by atoms with Gasteiger partial charge in [-0.05, 0) is 48.9 Å². The fourth-order valence-corrected chi connectivity index (χ4v) is 9.79. The highest BCUT2D eigenvalue weighted by atomic mass is 35.5. The number of likely N-dealkylation sites (tertiary alicyclic amines) is 1. The summed E-state index contributed by atoms with van der Waals surface area (Å²) in [5.74, 6) is -0.199. The molecule has 3 atom stereocenters. The lowest BCUT2D eigenvalue weighted by Crippen LogP contribution is -2.58. The maximum Gasteiger partial charge on any atom is 0.267 e. The normalized spacial score (nSPS) is 16.5. The number of aromatic nitrogens is 4. The molecule has 22 heteroatoms. The van der Waals surface area contributed by atoms with Crippen molar-refractivity contribution in [3.05, 3.63) is 92.8 Å². The van der Waals surface area contributed by atoms with Crippen LogP contribution in [-0.4, -0.2) is 142 Å². The number of amides is 5. The maximum atomic E-state index is 14.0. The summed E-state index contributed by atoms with van der Waals surface area (Å²) in [6.07, 6.45) is 0.662. The smallest absolute Gasteiger partial charge is 0.267 e. The monoisotopic (exact) mass is 1020 g/mol. The zero-order valence-electron chi connectivity index (χ0n) is 39.9. The average molecular weight is 1020 g/mol. The first kappa shape index (κ1) is 51.7. The third-order valence-electron chi connectivity index (χ3n) is 11.7. The number of para-hydroxylation sites is 1. The highest BCUT2D eigenvalue weighted by molar-refractivity contribution is 7.17. The molecule has 5 aromatic rings. The van der Waals surface area contributed by atoms with Crippen LogP contribution in [0, 0.1) is 26.2 Å². The number of carbonyl (C=O) groups excluding carboxylic acids is 5. The standard InChI is InChI=1S/C48H58ClN11O8S2/c1-28-8-7-9-34(49)41(28)57-45(65)36-23-51-47(70-36)55-37-21-38(54-30(3)53-37)58-14-16-59(17-15-58)40(63)26-68-19-18-67-25-39(62)56-43(48(4,5)6)46(66)60-24-33(61)20-35(60)44(64)50-22-31-10-12-32(13-11-31)42-29(2)52-27-69-42/h7-13,21,23,27,33,35,43,61H,14-20,22,24-26H2,1-6H3,(H,50,64)(H,56,62)(H,57,65)(H,51,53,54,55)/t33-,35+,43-/m1/s1. The van der Waals surface area contributed by atoms with Gasteiger partial charge in [0.25, 0.3) is 5.91 Å². The summed E-state index contributed by atoms with van der Waals surface area (Å²) in [7, 11) is 0. The van der Waals surface area contributed by atoms with E-state index >= 15 is 0 Å². The van der Waals surface area contributed by atoms with Crippen LogP contribution >= 0.6 is 34.3 Å². The zero-order chi connectivity index (χ0) is 50.1. The first-order chi connectivity index (χ1) is 33.4. The number of rotatable bonds is 18. The molecule has 7 rings (SSSR count). The number of aliphatic hydroxyl groups is 1. The van der Waals surface area contributed by atoms with Crippen molar-refractivity contribution in [1.29, 1.82) is 0 Å².